The SMILES string of the molecule is CN1CCC(C2=Nc3ccccc3N(c3cnccn3)C2)CC1. The molecule has 0 aliphatic carbocycles. The number of hydrogen-bond donors (Lipinski definition) is 0. The summed E-state index contributed by atoms with van der Waals surface area (Å²) >= 11 is 0. The average Bonchev–Trinajstić information content (AvgIpc) is 2.62. The van der Waals surface area contributed by atoms with Gasteiger partial charge in [-0.3, -0.25) is 9.98 Å². The Balaban J connectivity index is 1.69. The Hall–Kier alpha value is -2.27. The van der Waals surface area contributed by atoms with E-state index in [4.69, 9.17) is 4.99 Å². The topological polar surface area (TPSA) is 44.6 Å². The molecular formula is C18H21N5. The minimum absolute atomic E-state index is 0.568. The summed E-state index contributed by atoms with van der Waals surface area (Å²) in [6, 6.07) is 8.30. The zero-order chi connectivity index (χ0) is 15.6. The highest BCUT2D eigenvalue weighted by Crippen LogP contribution is 2.37. The van der Waals surface area contributed by atoms with Gasteiger partial charge in [-0.2, -0.15) is 0 Å². The van der Waals surface area contributed by atoms with Crippen molar-refractivity contribution < 1.29 is 0 Å². The Morgan fingerprint density at radius 1 is 1.09 bits per heavy atom. The van der Waals surface area contributed by atoms with E-state index in [1.165, 1.54) is 18.6 Å². The van der Waals surface area contributed by atoms with E-state index in [-0.39, 0.29) is 0 Å². The molecule has 2 aliphatic rings. The predicted octanol–water partition coefficient (Wildman–Crippen LogP) is 3.04. The molecule has 0 saturated carbocycles. The zero-order valence-corrected chi connectivity index (χ0v) is 13.4. The number of hydrogen-bond acceptors (Lipinski definition) is 5. The van der Waals surface area contributed by atoms with Gasteiger partial charge in [-0.25, -0.2) is 4.98 Å². The molecular weight excluding hydrogens is 286 g/mol. The lowest BCUT2D eigenvalue weighted by Crippen LogP contribution is -2.39. The fourth-order valence-corrected chi connectivity index (χ4v) is 3.42. The molecule has 0 spiro atoms. The van der Waals surface area contributed by atoms with Gasteiger partial charge in [0.05, 0.1) is 24.1 Å². The molecule has 2 aliphatic heterocycles. The molecule has 5 heteroatoms. The molecule has 118 valence electrons. The van der Waals surface area contributed by atoms with Gasteiger partial charge in [0.25, 0.3) is 0 Å². The van der Waals surface area contributed by atoms with E-state index in [1.54, 1.807) is 12.4 Å². The van der Waals surface area contributed by atoms with Gasteiger partial charge < -0.3 is 9.80 Å². The van der Waals surface area contributed by atoms with Gasteiger partial charge in [-0.05, 0) is 45.1 Å². The average molecular weight is 307 g/mol. The highest BCUT2D eigenvalue weighted by Gasteiger charge is 2.28. The van der Waals surface area contributed by atoms with Gasteiger partial charge >= 0.3 is 0 Å². The van der Waals surface area contributed by atoms with E-state index in [2.05, 4.69) is 51.1 Å². The molecule has 1 saturated heterocycles. The maximum Gasteiger partial charge on any atom is 0.151 e. The maximum atomic E-state index is 4.98. The van der Waals surface area contributed by atoms with Crippen molar-refractivity contribution in [3.63, 3.8) is 0 Å². The molecule has 2 aromatic rings. The van der Waals surface area contributed by atoms with Crippen LogP contribution in [0.15, 0.2) is 47.8 Å². The fraction of sp³-hybridized carbons (Fsp3) is 0.389. The van der Waals surface area contributed by atoms with Crippen LogP contribution < -0.4 is 4.90 Å². The van der Waals surface area contributed by atoms with Gasteiger partial charge in [0, 0.05) is 24.0 Å². The molecule has 4 rings (SSSR count). The van der Waals surface area contributed by atoms with Crippen LogP contribution in [0.5, 0.6) is 0 Å². The highest BCUT2D eigenvalue weighted by atomic mass is 15.2. The summed E-state index contributed by atoms with van der Waals surface area (Å²) in [5, 5.41) is 0. The second kappa shape index (κ2) is 6.08. The van der Waals surface area contributed by atoms with Gasteiger partial charge in [-0.15, -0.1) is 0 Å². The first kappa shape index (κ1) is 14.3. The highest BCUT2D eigenvalue weighted by molar-refractivity contribution is 5.99. The Kier molecular flexibility index (Phi) is 3.79. The van der Waals surface area contributed by atoms with Gasteiger partial charge in [0.1, 0.15) is 0 Å². The lowest BCUT2D eigenvalue weighted by molar-refractivity contribution is 0.251. The monoisotopic (exact) mass is 307 g/mol. The van der Waals surface area contributed by atoms with Crippen molar-refractivity contribution in [2.45, 2.75) is 12.8 Å². The van der Waals surface area contributed by atoms with Crippen molar-refractivity contribution in [3.05, 3.63) is 42.9 Å². The third kappa shape index (κ3) is 2.84. The Labute approximate surface area is 136 Å². The fourth-order valence-electron chi connectivity index (χ4n) is 3.42. The first-order chi connectivity index (χ1) is 11.3. The maximum absolute atomic E-state index is 4.98. The standard InChI is InChI=1S/C18H21N5/c1-22-10-6-14(7-11-22)16-13-23(18-12-19-8-9-20-18)17-5-3-2-4-15(17)21-16/h2-5,8-9,12,14H,6-7,10-11,13H2,1H3. The predicted molar refractivity (Wildman–Crippen MR) is 92.8 cm³/mol. The summed E-state index contributed by atoms with van der Waals surface area (Å²) in [6.45, 7) is 3.11. The van der Waals surface area contributed by atoms with Crippen LogP contribution in [0.3, 0.4) is 0 Å². The van der Waals surface area contributed by atoms with Gasteiger partial charge in [0.2, 0.25) is 0 Å². The largest absolute Gasteiger partial charge is 0.317 e. The molecule has 0 radical (unpaired) electrons. The van der Waals surface area contributed by atoms with Crippen LogP contribution in [0.2, 0.25) is 0 Å². The Morgan fingerprint density at radius 2 is 1.91 bits per heavy atom. The number of fused-ring (bicyclic) bond motifs is 1. The molecule has 23 heavy (non-hydrogen) atoms. The molecule has 0 unspecified atom stereocenters. The molecule has 0 bridgehead atoms. The van der Waals surface area contributed by atoms with Crippen molar-refractivity contribution >= 4 is 22.9 Å². The summed E-state index contributed by atoms with van der Waals surface area (Å²) < 4.78 is 0. The zero-order valence-electron chi connectivity index (χ0n) is 13.4. The molecule has 0 atom stereocenters. The van der Waals surface area contributed by atoms with E-state index in [0.717, 1.165) is 36.8 Å². The number of piperidine rings is 1. The second-order valence-corrected chi connectivity index (χ2v) is 6.32. The molecule has 1 aromatic carbocycles. The number of likely N-dealkylation sites (tertiary alicyclic amines) is 1. The third-order valence-electron chi connectivity index (χ3n) is 4.77. The summed E-state index contributed by atoms with van der Waals surface area (Å²) in [7, 11) is 2.19. The molecule has 1 aromatic heterocycles. The second-order valence-electron chi connectivity index (χ2n) is 6.32. The Morgan fingerprint density at radius 3 is 2.70 bits per heavy atom. The number of para-hydroxylation sites is 2. The third-order valence-corrected chi connectivity index (χ3v) is 4.77. The van der Waals surface area contributed by atoms with Crippen LogP contribution in [0.4, 0.5) is 17.2 Å². The van der Waals surface area contributed by atoms with E-state index >= 15 is 0 Å². The minimum atomic E-state index is 0.568. The smallest absolute Gasteiger partial charge is 0.151 e. The van der Waals surface area contributed by atoms with Crippen LogP contribution in [0, 0.1) is 5.92 Å². The van der Waals surface area contributed by atoms with Crippen LogP contribution in [-0.2, 0) is 0 Å². The van der Waals surface area contributed by atoms with E-state index in [1.807, 2.05) is 6.20 Å². The molecule has 3 heterocycles. The van der Waals surface area contributed by atoms with E-state index in [9.17, 15) is 0 Å². The van der Waals surface area contributed by atoms with Crippen molar-refractivity contribution in [1.29, 1.82) is 0 Å². The van der Waals surface area contributed by atoms with Crippen LogP contribution in [0.1, 0.15) is 12.8 Å². The van der Waals surface area contributed by atoms with Crippen LogP contribution in [-0.4, -0.2) is 47.3 Å². The van der Waals surface area contributed by atoms with Crippen molar-refractivity contribution in [1.82, 2.24) is 14.9 Å². The number of anilines is 2. The first-order valence-corrected chi connectivity index (χ1v) is 8.20. The van der Waals surface area contributed by atoms with Gasteiger partial charge in [-0.1, -0.05) is 12.1 Å². The van der Waals surface area contributed by atoms with E-state index < -0.39 is 0 Å². The Bertz CT molecular complexity index is 704. The quantitative estimate of drug-likeness (QED) is 0.855. The number of rotatable bonds is 2. The molecule has 0 N–H and O–H groups in total. The minimum Gasteiger partial charge on any atom is -0.317 e. The van der Waals surface area contributed by atoms with Crippen LogP contribution >= 0.6 is 0 Å². The molecule has 1 fully saturated rings. The van der Waals surface area contributed by atoms with Crippen molar-refractivity contribution in [3.8, 4) is 0 Å². The van der Waals surface area contributed by atoms with Crippen LogP contribution in [0.25, 0.3) is 0 Å². The summed E-state index contributed by atoms with van der Waals surface area (Å²) in [5.74, 6) is 1.46. The summed E-state index contributed by atoms with van der Waals surface area (Å²) in [4.78, 5) is 18.3. The van der Waals surface area contributed by atoms with Crippen molar-refractivity contribution in [2.75, 3.05) is 31.6 Å². The number of aliphatic imine (C=N–C) groups is 1. The van der Waals surface area contributed by atoms with Crippen molar-refractivity contribution in [2.24, 2.45) is 10.9 Å². The first-order valence-electron chi connectivity index (χ1n) is 8.20. The van der Waals surface area contributed by atoms with E-state index in [0.29, 0.717) is 5.92 Å². The molecule has 5 nitrogen and oxygen atoms in total. The lowest BCUT2D eigenvalue weighted by atomic mass is 9.90. The number of benzene rings is 1. The number of aromatic nitrogens is 2. The van der Waals surface area contributed by atoms with Gasteiger partial charge in [0.15, 0.2) is 5.82 Å². The molecule has 0 amide bonds. The normalized spacial score (nSPS) is 19.3. The lowest BCUT2D eigenvalue weighted by Gasteiger charge is -2.35. The number of nitrogens with zero attached hydrogens (tertiary/aromatic N) is 5. The summed E-state index contributed by atoms with van der Waals surface area (Å²) in [5.41, 5.74) is 3.44. The summed E-state index contributed by atoms with van der Waals surface area (Å²) in [6.07, 6.45) is 7.66.